The first-order chi connectivity index (χ1) is 12.8. The summed E-state index contributed by atoms with van der Waals surface area (Å²) in [5.41, 5.74) is 1.93. The zero-order valence-electron chi connectivity index (χ0n) is 13.8. The third-order valence-corrected chi connectivity index (χ3v) is 5.17. The lowest BCUT2D eigenvalue weighted by atomic mass is 9.94. The first-order valence-electron chi connectivity index (χ1n) is 7.85. The fraction of sp³-hybridized carbons (Fsp3) is 0.0526. The standard InChI is InChI=1S/C19H13F2NO4S/c20-16-8-14(11-1-4-13(5-2-11)27(22,23)24)15(9-17(16)21)12-3-6-18-19(7-12)26-10-25-18/h1-9H,10H2,(H2,22,23,24). The van der Waals surface area contributed by atoms with E-state index in [0.29, 0.717) is 33.8 Å². The van der Waals surface area contributed by atoms with Crippen molar-refractivity contribution in [1.82, 2.24) is 0 Å². The molecule has 0 amide bonds. The van der Waals surface area contributed by atoms with Gasteiger partial charge in [0.25, 0.3) is 0 Å². The van der Waals surface area contributed by atoms with E-state index in [1.54, 1.807) is 18.2 Å². The molecule has 0 aromatic heterocycles. The van der Waals surface area contributed by atoms with Crippen LogP contribution in [-0.2, 0) is 10.0 Å². The molecule has 27 heavy (non-hydrogen) atoms. The summed E-state index contributed by atoms with van der Waals surface area (Å²) >= 11 is 0. The molecule has 1 aliphatic heterocycles. The van der Waals surface area contributed by atoms with Gasteiger partial charge in [0.1, 0.15) is 0 Å². The van der Waals surface area contributed by atoms with E-state index in [9.17, 15) is 17.2 Å². The number of nitrogens with two attached hydrogens (primary N) is 1. The molecule has 138 valence electrons. The quantitative estimate of drug-likeness (QED) is 0.741. The van der Waals surface area contributed by atoms with Crippen LogP contribution in [0.3, 0.4) is 0 Å². The molecule has 0 atom stereocenters. The lowest BCUT2D eigenvalue weighted by Crippen LogP contribution is -2.11. The summed E-state index contributed by atoms with van der Waals surface area (Å²) in [6.07, 6.45) is 0. The Morgan fingerprint density at radius 1 is 0.778 bits per heavy atom. The van der Waals surface area contributed by atoms with Crippen LogP contribution in [0.15, 0.2) is 59.5 Å². The second-order valence-electron chi connectivity index (χ2n) is 5.95. The Balaban J connectivity index is 1.87. The van der Waals surface area contributed by atoms with Crippen LogP contribution in [0.25, 0.3) is 22.3 Å². The number of rotatable bonds is 3. The SMILES string of the molecule is NS(=O)(=O)c1ccc(-c2cc(F)c(F)cc2-c2ccc3c(c2)OCO3)cc1. The van der Waals surface area contributed by atoms with Crippen molar-refractivity contribution in [2.45, 2.75) is 4.90 Å². The number of hydrogen-bond donors (Lipinski definition) is 1. The molecule has 3 aromatic rings. The van der Waals surface area contributed by atoms with Gasteiger partial charge in [-0.05, 0) is 58.7 Å². The van der Waals surface area contributed by atoms with Crippen LogP contribution in [0, 0.1) is 11.6 Å². The average Bonchev–Trinajstić information content (AvgIpc) is 3.11. The number of hydrogen-bond acceptors (Lipinski definition) is 4. The summed E-state index contributed by atoms with van der Waals surface area (Å²) in [6, 6.07) is 12.8. The van der Waals surface area contributed by atoms with Gasteiger partial charge in [0.15, 0.2) is 23.1 Å². The van der Waals surface area contributed by atoms with Gasteiger partial charge in [-0.2, -0.15) is 0 Å². The van der Waals surface area contributed by atoms with E-state index >= 15 is 0 Å². The third kappa shape index (κ3) is 3.24. The third-order valence-electron chi connectivity index (χ3n) is 4.24. The van der Waals surface area contributed by atoms with Crippen LogP contribution in [0.4, 0.5) is 8.78 Å². The van der Waals surface area contributed by atoms with Crippen molar-refractivity contribution in [1.29, 1.82) is 0 Å². The molecule has 8 heteroatoms. The summed E-state index contributed by atoms with van der Waals surface area (Å²) in [5.74, 6) is -0.925. The molecule has 4 rings (SSSR count). The molecule has 0 unspecified atom stereocenters. The van der Waals surface area contributed by atoms with Crippen molar-refractivity contribution in [2.75, 3.05) is 6.79 Å². The van der Waals surface area contributed by atoms with Gasteiger partial charge >= 0.3 is 0 Å². The summed E-state index contributed by atoms with van der Waals surface area (Å²) in [5, 5.41) is 5.10. The smallest absolute Gasteiger partial charge is 0.238 e. The molecule has 2 N–H and O–H groups in total. The highest BCUT2D eigenvalue weighted by Gasteiger charge is 2.18. The zero-order valence-corrected chi connectivity index (χ0v) is 14.6. The Kier molecular flexibility index (Phi) is 4.09. The van der Waals surface area contributed by atoms with E-state index in [0.717, 1.165) is 12.1 Å². The average molecular weight is 389 g/mol. The molecule has 3 aromatic carbocycles. The molecule has 0 spiro atoms. The van der Waals surface area contributed by atoms with E-state index in [1.165, 1.54) is 24.3 Å². The van der Waals surface area contributed by atoms with Gasteiger partial charge in [0.2, 0.25) is 16.8 Å². The largest absolute Gasteiger partial charge is 0.454 e. The Labute approximate surface area is 154 Å². The van der Waals surface area contributed by atoms with Crippen LogP contribution in [0.5, 0.6) is 11.5 Å². The summed E-state index contributed by atoms with van der Waals surface area (Å²) in [4.78, 5) is -0.0709. The maximum absolute atomic E-state index is 13.9. The van der Waals surface area contributed by atoms with Crippen molar-refractivity contribution < 1.29 is 26.7 Å². The van der Waals surface area contributed by atoms with Gasteiger partial charge in [-0.3, -0.25) is 0 Å². The number of fused-ring (bicyclic) bond motifs is 1. The zero-order chi connectivity index (χ0) is 19.2. The Morgan fingerprint density at radius 3 is 1.96 bits per heavy atom. The molecule has 0 aliphatic carbocycles. The minimum absolute atomic E-state index is 0.0709. The lowest BCUT2D eigenvalue weighted by molar-refractivity contribution is 0.174. The molecule has 5 nitrogen and oxygen atoms in total. The number of halogens is 2. The Hall–Kier alpha value is -2.97. The van der Waals surface area contributed by atoms with E-state index in [4.69, 9.17) is 14.6 Å². The van der Waals surface area contributed by atoms with Crippen molar-refractivity contribution in [3.8, 4) is 33.8 Å². The van der Waals surface area contributed by atoms with Gasteiger partial charge in [-0.1, -0.05) is 18.2 Å². The number of primary sulfonamides is 1. The van der Waals surface area contributed by atoms with Crippen LogP contribution >= 0.6 is 0 Å². The van der Waals surface area contributed by atoms with Crippen LogP contribution in [0.2, 0.25) is 0 Å². The summed E-state index contributed by atoms with van der Waals surface area (Å²) in [7, 11) is -3.85. The van der Waals surface area contributed by atoms with Gasteiger partial charge in [-0.15, -0.1) is 0 Å². The van der Waals surface area contributed by atoms with E-state index in [1.807, 2.05) is 0 Å². The molecular weight excluding hydrogens is 376 g/mol. The van der Waals surface area contributed by atoms with Crippen molar-refractivity contribution >= 4 is 10.0 Å². The maximum Gasteiger partial charge on any atom is 0.238 e. The number of sulfonamides is 1. The van der Waals surface area contributed by atoms with Crippen molar-refractivity contribution in [3.63, 3.8) is 0 Å². The minimum atomic E-state index is -3.85. The van der Waals surface area contributed by atoms with E-state index < -0.39 is 21.7 Å². The maximum atomic E-state index is 13.9. The predicted octanol–water partition coefficient (Wildman–Crippen LogP) is 3.67. The fourth-order valence-electron chi connectivity index (χ4n) is 2.91. The number of ether oxygens (including phenoxy) is 2. The molecule has 0 saturated heterocycles. The van der Waals surface area contributed by atoms with Gasteiger partial charge in [0, 0.05) is 0 Å². The van der Waals surface area contributed by atoms with Crippen LogP contribution in [-0.4, -0.2) is 15.2 Å². The minimum Gasteiger partial charge on any atom is -0.454 e. The second-order valence-corrected chi connectivity index (χ2v) is 7.51. The van der Waals surface area contributed by atoms with Gasteiger partial charge < -0.3 is 9.47 Å². The molecule has 1 aliphatic rings. The Morgan fingerprint density at radius 2 is 1.33 bits per heavy atom. The highest BCUT2D eigenvalue weighted by atomic mass is 32.2. The van der Waals surface area contributed by atoms with E-state index in [2.05, 4.69) is 0 Å². The predicted molar refractivity (Wildman–Crippen MR) is 94.7 cm³/mol. The molecular formula is C19H13F2NO4S. The molecule has 0 bridgehead atoms. The molecule has 0 fully saturated rings. The highest BCUT2D eigenvalue weighted by Crippen LogP contribution is 2.40. The molecule has 0 saturated carbocycles. The van der Waals surface area contributed by atoms with Crippen molar-refractivity contribution in [3.05, 3.63) is 66.2 Å². The second kappa shape index (κ2) is 6.33. The summed E-state index contributed by atoms with van der Waals surface area (Å²) in [6.45, 7) is 0.0957. The highest BCUT2D eigenvalue weighted by molar-refractivity contribution is 7.89. The van der Waals surface area contributed by atoms with Crippen molar-refractivity contribution in [2.24, 2.45) is 5.14 Å². The monoisotopic (exact) mass is 389 g/mol. The first-order valence-corrected chi connectivity index (χ1v) is 9.40. The van der Waals surface area contributed by atoms with Crippen LogP contribution < -0.4 is 14.6 Å². The lowest BCUT2D eigenvalue weighted by Gasteiger charge is -2.12. The van der Waals surface area contributed by atoms with Crippen LogP contribution in [0.1, 0.15) is 0 Å². The molecule has 0 radical (unpaired) electrons. The van der Waals surface area contributed by atoms with Gasteiger partial charge in [0.05, 0.1) is 4.90 Å². The number of benzene rings is 3. The molecule has 1 heterocycles. The summed E-state index contributed by atoms with van der Waals surface area (Å²) < 4.78 is 61.3. The topological polar surface area (TPSA) is 78.6 Å². The van der Waals surface area contributed by atoms with Gasteiger partial charge in [-0.25, -0.2) is 22.3 Å². The Bertz CT molecular complexity index is 1150. The normalized spacial score (nSPS) is 13.0. The van der Waals surface area contributed by atoms with E-state index in [-0.39, 0.29) is 11.7 Å². The fourth-order valence-corrected chi connectivity index (χ4v) is 3.43. The first kappa shape index (κ1) is 17.4.